The van der Waals surface area contributed by atoms with Crippen LogP contribution < -0.4 is 14.7 Å². The van der Waals surface area contributed by atoms with Gasteiger partial charge in [0.15, 0.2) is 0 Å². The summed E-state index contributed by atoms with van der Waals surface area (Å²) in [5.74, 6) is 0.957. The lowest BCUT2D eigenvalue weighted by molar-refractivity contribution is 0.588. The number of para-hydroxylation sites is 3. The molecule has 0 spiro atoms. The van der Waals surface area contributed by atoms with E-state index in [2.05, 4.69) is 231 Å². The third-order valence-electron chi connectivity index (χ3n) is 13.2. The van der Waals surface area contributed by atoms with E-state index in [1.54, 1.807) is 0 Å². The Hall–Kier alpha value is -7.11. The Bertz CT molecular complexity index is 3100. The number of rotatable bonds is 7. The highest BCUT2D eigenvalue weighted by molar-refractivity contribution is 6.17. The van der Waals surface area contributed by atoms with Crippen LogP contribution in [0.2, 0.25) is 0 Å². The highest BCUT2D eigenvalue weighted by atomic mass is 15.4. The molecule has 0 unspecified atom stereocenters. The molecule has 2 aliphatic rings. The van der Waals surface area contributed by atoms with Crippen molar-refractivity contribution in [3.05, 3.63) is 193 Å². The maximum Gasteiger partial charge on any atom is 0.137 e. The number of fused-ring (bicyclic) bond motifs is 1. The Morgan fingerprint density at radius 3 is 1.87 bits per heavy atom. The molecule has 1 aliphatic heterocycles. The zero-order chi connectivity index (χ0) is 41.6. The minimum absolute atomic E-state index is 0.00454. The van der Waals surface area contributed by atoms with E-state index in [4.69, 9.17) is 4.98 Å². The predicted molar refractivity (Wildman–Crippen MR) is 257 cm³/mol. The van der Waals surface area contributed by atoms with Crippen LogP contribution in [0, 0.1) is 0 Å². The molecule has 61 heavy (non-hydrogen) atoms. The molecule has 0 bridgehead atoms. The Kier molecular flexibility index (Phi) is 8.30. The van der Waals surface area contributed by atoms with Crippen LogP contribution in [0.4, 0.5) is 34.1 Å². The van der Waals surface area contributed by atoms with Crippen LogP contribution in [-0.4, -0.2) is 23.3 Å². The van der Waals surface area contributed by atoms with Crippen LogP contribution in [-0.2, 0) is 10.8 Å². The topological polar surface area (TPSA) is 27.5 Å². The van der Waals surface area contributed by atoms with Gasteiger partial charge < -0.3 is 14.7 Å². The smallest absolute Gasteiger partial charge is 0.137 e. The first-order valence-corrected chi connectivity index (χ1v) is 21.4. The fraction of sp³-hybridized carbons (Fsp3) is 0.161. The number of aromatic nitrogens is 2. The summed E-state index contributed by atoms with van der Waals surface area (Å²) in [7, 11) is 2.21. The lowest BCUT2D eigenvalue weighted by Crippen LogP contribution is -2.25. The molecule has 298 valence electrons. The average molecular weight is 792 g/mol. The van der Waals surface area contributed by atoms with Gasteiger partial charge >= 0.3 is 0 Å². The molecule has 0 atom stereocenters. The van der Waals surface area contributed by atoms with E-state index in [1.165, 1.54) is 77.8 Å². The lowest BCUT2D eigenvalue weighted by Gasteiger charge is -2.28. The summed E-state index contributed by atoms with van der Waals surface area (Å²) in [6.45, 7) is 12.2. The van der Waals surface area contributed by atoms with Crippen molar-refractivity contribution < 1.29 is 0 Å². The molecule has 0 saturated heterocycles. The minimum atomic E-state index is -0.141. The van der Waals surface area contributed by atoms with Gasteiger partial charge in [-0.05, 0) is 93.9 Å². The van der Waals surface area contributed by atoms with Gasteiger partial charge in [-0.15, -0.1) is 0 Å². The van der Waals surface area contributed by atoms with Gasteiger partial charge in [-0.2, -0.15) is 0 Å². The normalized spacial score (nSPS) is 14.1. The molecule has 0 N–H and O–H groups in total. The molecule has 2 aromatic heterocycles. The summed E-state index contributed by atoms with van der Waals surface area (Å²) < 4.78 is 2.39. The molecule has 1 aliphatic carbocycles. The van der Waals surface area contributed by atoms with Gasteiger partial charge in [-0.3, -0.25) is 4.57 Å². The third-order valence-corrected chi connectivity index (χ3v) is 13.2. The molecule has 0 fully saturated rings. The summed E-state index contributed by atoms with van der Waals surface area (Å²) in [6.07, 6.45) is 1.97. The van der Waals surface area contributed by atoms with Crippen LogP contribution >= 0.6 is 0 Å². The maximum atomic E-state index is 5.00. The van der Waals surface area contributed by atoms with E-state index in [9.17, 15) is 0 Å². The molecule has 5 nitrogen and oxygen atoms in total. The number of hydrogen-bond donors (Lipinski definition) is 0. The third kappa shape index (κ3) is 5.78. The van der Waals surface area contributed by atoms with Crippen molar-refractivity contribution in [2.24, 2.45) is 0 Å². The van der Waals surface area contributed by atoms with E-state index in [0.29, 0.717) is 6.67 Å². The molecule has 5 heteroatoms. The summed E-state index contributed by atoms with van der Waals surface area (Å²) in [4.78, 5) is 12.3. The number of nitrogens with zero attached hydrogens (tertiary/aromatic N) is 5. The SMILES string of the molecule is CN(c1cccc(N2CN(c3c(-c4ccccc4)cccc3-c3ccccc3)c3ccccc32)c1)c1cc2c3c4c(cccc4n(-c4cc(C(C)(C)C)ccn4)c3c1)C2(C)C. The maximum absolute atomic E-state index is 5.00. The van der Waals surface area contributed by atoms with E-state index in [1.807, 2.05) is 6.20 Å². The van der Waals surface area contributed by atoms with E-state index in [0.717, 1.165) is 22.9 Å². The second-order valence-corrected chi connectivity index (χ2v) is 18.2. The quantitative estimate of drug-likeness (QED) is 0.161. The highest BCUT2D eigenvalue weighted by Gasteiger charge is 2.38. The van der Waals surface area contributed by atoms with Gasteiger partial charge in [0.2, 0.25) is 0 Å². The van der Waals surface area contributed by atoms with Crippen LogP contribution in [0.15, 0.2) is 176 Å². The average Bonchev–Trinajstić information content (AvgIpc) is 3.92. The second-order valence-electron chi connectivity index (χ2n) is 18.2. The summed E-state index contributed by atoms with van der Waals surface area (Å²) in [5.41, 5.74) is 18.1. The minimum Gasteiger partial charge on any atom is -0.344 e. The van der Waals surface area contributed by atoms with Crippen molar-refractivity contribution in [3.8, 4) is 28.1 Å². The Morgan fingerprint density at radius 1 is 0.557 bits per heavy atom. The van der Waals surface area contributed by atoms with Gasteiger partial charge in [-0.1, -0.05) is 144 Å². The second kappa shape index (κ2) is 13.7. The predicted octanol–water partition coefficient (Wildman–Crippen LogP) is 14.5. The summed E-state index contributed by atoms with van der Waals surface area (Å²) in [6, 6.07) is 62.2. The van der Waals surface area contributed by atoms with Crippen molar-refractivity contribution in [2.75, 3.05) is 28.4 Å². The monoisotopic (exact) mass is 791 g/mol. The number of hydrogen-bond acceptors (Lipinski definition) is 4. The number of anilines is 6. The Balaban J connectivity index is 1.02. The first-order valence-electron chi connectivity index (χ1n) is 21.4. The zero-order valence-electron chi connectivity index (χ0n) is 35.7. The molecule has 0 saturated carbocycles. The van der Waals surface area contributed by atoms with Crippen LogP contribution in [0.5, 0.6) is 0 Å². The Labute approximate surface area is 358 Å². The van der Waals surface area contributed by atoms with Crippen LogP contribution in [0.25, 0.3) is 49.9 Å². The van der Waals surface area contributed by atoms with Gasteiger partial charge in [0, 0.05) is 57.6 Å². The van der Waals surface area contributed by atoms with E-state index < -0.39 is 0 Å². The van der Waals surface area contributed by atoms with E-state index in [-0.39, 0.29) is 10.8 Å². The molecule has 0 amide bonds. The molecule has 7 aromatic carbocycles. The zero-order valence-corrected chi connectivity index (χ0v) is 35.7. The lowest BCUT2D eigenvalue weighted by atomic mass is 9.81. The van der Waals surface area contributed by atoms with Gasteiger partial charge in [0.1, 0.15) is 12.5 Å². The largest absolute Gasteiger partial charge is 0.344 e. The van der Waals surface area contributed by atoms with Crippen LogP contribution in [0.1, 0.15) is 51.3 Å². The van der Waals surface area contributed by atoms with Crippen molar-refractivity contribution in [1.29, 1.82) is 0 Å². The van der Waals surface area contributed by atoms with Crippen LogP contribution in [0.3, 0.4) is 0 Å². The first kappa shape index (κ1) is 36.9. The first-order chi connectivity index (χ1) is 29.6. The molecule has 0 radical (unpaired) electrons. The van der Waals surface area contributed by atoms with Crippen molar-refractivity contribution in [2.45, 2.75) is 45.4 Å². The summed E-state index contributed by atoms with van der Waals surface area (Å²) >= 11 is 0. The van der Waals surface area contributed by atoms with Crippen molar-refractivity contribution in [1.82, 2.24) is 9.55 Å². The Morgan fingerprint density at radius 2 is 1.18 bits per heavy atom. The summed E-state index contributed by atoms with van der Waals surface area (Å²) in [5, 5.41) is 2.68. The van der Waals surface area contributed by atoms with Crippen molar-refractivity contribution in [3.63, 3.8) is 0 Å². The standard InChI is InChI=1S/C56H49N5/c1-55(2,3)39-30-31-57-51(32-39)61-49-29-17-26-45-52(49)53-46(56(45,4)5)34-42(35-50(53)61)58(6)40-22-15-23-41(33-40)59-36-60(48-28-14-13-27-47(48)59)54-43(37-18-9-7-10-19-37)24-16-25-44(54)38-20-11-8-12-21-38/h7-35H,36H2,1-6H3. The number of pyridine rings is 1. The van der Waals surface area contributed by atoms with Gasteiger partial charge in [0.25, 0.3) is 0 Å². The fourth-order valence-electron chi connectivity index (χ4n) is 9.96. The molecular weight excluding hydrogens is 743 g/mol. The fourth-order valence-corrected chi connectivity index (χ4v) is 9.96. The van der Waals surface area contributed by atoms with Crippen molar-refractivity contribution >= 4 is 55.9 Å². The molecule has 11 rings (SSSR count). The van der Waals surface area contributed by atoms with Gasteiger partial charge in [-0.25, -0.2) is 4.98 Å². The number of benzene rings is 7. The van der Waals surface area contributed by atoms with Gasteiger partial charge in [0.05, 0.1) is 28.1 Å². The molecule has 9 aromatic rings. The molecular formula is C56H49N5. The molecule has 3 heterocycles. The van der Waals surface area contributed by atoms with E-state index >= 15 is 0 Å². The highest BCUT2D eigenvalue weighted by Crippen LogP contribution is 2.53.